The molecular weight excluding hydrogens is 559 g/mol. The van der Waals surface area contributed by atoms with Crippen LogP contribution in [0.2, 0.25) is 0 Å². The number of alkyl halides is 6. The number of piperidine rings is 1. The van der Waals surface area contributed by atoms with Crippen LogP contribution in [0.1, 0.15) is 67.4 Å². The van der Waals surface area contributed by atoms with Gasteiger partial charge in [-0.2, -0.15) is 26.3 Å². The van der Waals surface area contributed by atoms with Crippen molar-refractivity contribution in [2.45, 2.75) is 63.8 Å². The molecule has 0 aliphatic carbocycles. The van der Waals surface area contributed by atoms with Crippen LogP contribution in [0.5, 0.6) is 0 Å². The fourth-order valence-corrected chi connectivity index (χ4v) is 5.78. The molecule has 2 aliphatic heterocycles. The zero-order chi connectivity index (χ0) is 30.2. The highest BCUT2D eigenvalue weighted by molar-refractivity contribution is 5.74. The van der Waals surface area contributed by atoms with Crippen LogP contribution in [0.3, 0.4) is 0 Å². The SMILES string of the molecule is CC(OC1OCCC(CN2CCCC(C)(C(=O)O)C2)C1c1ccc(F)cc1)c1cc(C(F)(F)F)cc(C(F)(F)F)c1. The maximum absolute atomic E-state index is 13.8. The highest BCUT2D eigenvalue weighted by atomic mass is 19.4. The number of hydrogen-bond donors (Lipinski definition) is 1. The lowest BCUT2D eigenvalue weighted by molar-refractivity contribution is -0.211. The second kappa shape index (κ2) is 11.9. The van der Waals surface area contributed by atoms with Gasteiger partial charge in [0.05, 0.1) is 29.3 Å². The van der Waals surface area contributed by atoms with Gasteiger partial charge in [0.2, 0.25) is 0 Å². The average Bonchev–Trinajstić information content (AvgIpc) is 2.88. The molecule has 226 valence electrons. The lowest BCUT2D eigenvalue weighted by Gasteiger charge is -2.44. The summed E-state index contributed by atoms with van der Waals surface area (Å²) >= 11 is 0. The largest absolute Gasteiger partial charge is 0.481 e. The molecule has 0 spiro atoms. The smallest absolute Gasteiger partial charge is 0.416 e. The van der Waals surface area contributed by atoms with Crippen LogP contribution in [0.25, 0.3) is 0 Å². The quantitative estimate of drug-likeness (QED) is 0.343. The van der Waals surface area contributed by atoms with Gasteiger partial charge in [-0.3, -0.25) is 4.79 Å². The zero-order valence-electron chi connectivity index (χ0n) is 22.6. The number of rotatable bonds is 7. The van der Waals surface area contributed by atoms with Gasteiger partial charge in [0.25, 0.3) is 0 Å². The Kier molecular flexibility index (Phi) is 9.06. The van der Waals surface area contributed by atoms with Gasteiger partial charge in [-0.15, -0.1) is 0 Å². The van der Waals surface area contributed by atoms with Crippen LogP contribution < -0.4 is 0 Å². The molecule has 4 rings (SSSR count). The number of hydrogen-bond acceptors (Lipinski definition) is 4. The van der Waals surface area contributed by atoms with Crippen LogP contribution in [-0.2, 0) is 26.6 Å². The fourth-order valence-electron chi connectivity index (χ4n) is 5.78. The van der Waals surface area contributed by atoms with E-state index >= 15 is 0 Å². The van der Waals surface area contributed by atoms with Crippen LogP contribution >= 0.6 is 0 Å². The summed E-state index contributed by atoms with van der Waals surface area (Å²) in [4.78, 5) is 13.9. The van der Waals surface area contributed by atoms with E-state index < -0.39 is 59.0 Å². The van der Waals surface area contributed by atoms with Gasteiger partial charge in [0.15, 0.2) is 6.29 Å². The molecule has 2 aromatic carbocycles. The molecule has 12 heteroatoms. The Morgan fingerprint density at radius 3 is 2.27 bits per heavy atom. The monoisotopic (exact) mass is 591 g/mol. The molecule has 5 atom stereocenters. The summed E-state index contributed by atoms with van der Waals surface area (Å²) in [6, 6.07) is 6.94. The Labute approximate surface area is 233 Å². The molecule has 0 bridgehead atoms. The number of nitrogens with zero attached hydrogens (tertiary/aromatic N) is 1. The number of likely N-dealkylation sites (tertiary alicyclic amines) is 1. The number of carbonyl (C=O) groups is 1. The van der Waals surface area contributed by atoms with E-state index in [1.807, 2.05) is 4.90 Å². The van der Waals surface area contributed by atoms with E-state index in [0.717, 1.165) is 0 Å². The van der Waals surface area contributed by atoms with Crippen molar-refractivity contribution in [3.8, 4) is 0 Å². The first-order chi connectivity index (χ1) is 19.1. The van der Waals surface area contributed by atoms with E-state index in [1.165, 1.54) is 19.1 Å². The van der Waals surface area contributed by atoms with Crippen molar-refractivity contribution < 1.29 is 50.1 Å². The van der Waals surface area contributed by atoms with E-state index in [0.29, 0.717) is 56.6 Å². The van der Waals surface area contributed by atoms with Crippen molar-refractivity contribution in [2.75, 3.05) is 26.2 Å². The maximum atomic E-state index is 13.8. The molecule has 5 unspecified atom stereocenters. The zero-order valence-corrected chi connectivity index (χ0v) is 22.6. The molecule has 2 aromatic rings. The Morgan fingerprint density at radius 2 is 1.71 bits per heavy atom. The summed E-state index contributed by atoms with van der Waals surface area (Å²) in [5, 5.41) is 9.72. The summed E-state index contributed by atoms with van der Waals surface area (Å²) in [6.07, 6.45) is -10.5. The van der Waals surface area contributed by atoms with Crippen LogP contribution in [0, 0.1) is 17.2 Å². The minimum Gasteiger partial charge on any atom is -0.481 e. The van der Waals surface area contributed by atoms with E-state index in [4.69, 9.17) is 9.47 Å². The first kappa shape index (κ1) is 31.2. The molecule has 5 nitrogen and oxygen atoms in total. The number of benzene rings is 2. The maximum Gasteiger partial charge on any atom is 0.416 e. The van der Waals surface area contributed by atoms with E-state index in [9.17, 15) is 40.6 Å². The second-order valence-electron chi connectivity index (χ2n) is 11.2. The minimum absolute atomic E-state index is 0.0637. The van der Waals surface area contributed by atoms with Crippen LogP contribution in [-0.4, -0.2) is 48.5 Å². The average molecular weight is 592 g/mol. The molecule has 2 aliphatic rings. The number of ether oxygens (including phenoxy) is 2. The molecule has 0 saturated carbocycles. The topological polar surface area (TPSA) is 59.0 Å². The third kappa shape index (κ3) is 7.39. The highest BCUT2D eigenvalue weighted by Crippen LogP contribution is 2.42. The molecule has 0 radical (unpaired) electrons. The molecule has 0 aromatic heterocycles. The Balaban J connectivity index is 1.63. The molecule has 1 N–H and O–H groups in total. The van der Waals surface area contributed by atoms with Crippen molar-refractivity contribution in [3.05, 3.63) is 70.5 Å². The molecular formula is C29H32F7NO4. The van der Waals surface area contributed by atoms with E-state index in [1.54, 1.807) is 19.1 Å². The lowest BCUT2D eigenvalue weighted by atomic mass is 9.78. The summed E-state index contributed by atoms with van der Waals surface area (Å²) in [6.45, 7) is 4.71. The Hall–Kier alpha value is -2.70. The lowest BCUT2D eigenvalue weighted by Crippen LogP contribution is -2.49. The molecule has 0 amide bonds. The summed E-state index contributed by atoms with van der Waals surface area (Å²) in [5.41, 5.74) is -3.49. The number of aliphatic carboxylic acids is 1. The Morgan fingerprint density at radius 1 is 1.10 bits per heavy atom. The fraction of sp³-hybridized carbons (Fsp3) is 0.552. The first-order valence-corrected chi connectivity index (χ1v) is 13.3. The summed E-state index contributed by atoms with van der Waals surface area (Å²) < 4.78 is 106. The number of halogens is 7. The minimum atomic E-state index is -5.00. The van der Waals surface area contributed by atoms with Gasteiger partial charge in [0.1, 0.15) is 5.82 Å². The van der Waals surface area contributed by atoms with Crippen LogP contribution in [0.4, 0.5) is 30.7 Å². The van der Waals surface area contributed by atoms with Crippen molar-refractivity contribution >= 4 is 5.97 Å². The standard InChI is InChI=1S/C29H32F7NO4/c1-17(20-12-21(28(31,32)33)14-22(13-20)29(34,35)36)41-25-24(18-4-6-23(30)7-5-18)19(8-11-40-25)15-37-10-3-9-27(2,16-37)26(38)39/h4-7,12-14,17,19,24-25H,3,8-11,15-16H2,1-2H3,(H,38,39). The third-order valence-corrected chi connectivity index (χ3v) is 8.03. The van der Waals surface area contributed by atoms with Gasteiger partial charge >= 0.3 is 18.3 Å². The molecule has 2 fully saturated rings. The predicted molar refractivity (Wildman–Crippen MR) is 134 cm³/mol. The van der Waals surface area contributed by atoms with Crippen molar-refractivity contribution in [2.24, 2.45) is 11.3 Å². The third-order valence-electron chi connectivity index (χ3n) is 8.03. The molecule has 2 heterocycles. The van der Waals surface area contributed by atoms with Crippen molar-refractivity contribution in [1.29, 1.82) is 0 Å². The van der Waals surface area contributed by atoms with E-state index in [2.05, 4.69) is 0 Å². The van der Waals surface area contributed by atoms with Crippen molar-refractivity contribution in [1.82, 2.24) is 4.90 Å². The predicted octanol–water partition coefficient (Wildman–Crippen LogP) is 7.27. The second-order valence-corrected chi connectivity index (χ2v) is 11.2. The van der Waals surface area contributed by atoms with Gasteiger partial charge in [-0.05, 0) is 87.0 Å². The normalized spacial score (nSPS) is 27.0. The number of carboxylic acids is 1. The number of carboxylic acid groups (broad SMARTS) is 1. The molecule has 2 saturated heterocycles. The van der Waals surface area contributed by atoms with Crippen molar-refractivity contribution in [3.63, 3.8) is 0 Å². The Bertz CT molecular complexity index is 1180. The van der Waals surface area contributed by atoms with Gasteiger partial charge in [-0.25, -0.2) is 4.39 Å². The first-order valence-electron chi connectivity index (χ1n) is 13.3. The molecule has 41 heavy (non-hydrogen) atoms. The van der Waals surface area contributed by atoms with Gasteiger partial charge in [0, 0.05) is 19.0 Å². The van der Waals surface area contributed by atoms with Crippen LogP contribution in [0.15, 0.2) is 42.5 Å². The van der Waals surface area contributed by atoms with E-state index in [-0.39, 0.29) is 24.2 Å². The van der Waals surface area contributed by atoms with Gasteiger partial charge < -0.3 is 19.5 Å². The highest BCUT2D eigenvalue weighted by Gasteiger charge is 2.43. The summed E-state index contributed by atoms with van der Waals surface area (Å²) in [7, 11) is 0. The van der Waals surface area contributed by atoms with Gasteiger partial charge in [-0.1, -0.05) is 12.1 Å². The summed E-state index contributed by atoms with van der Waals surface area (Å²) in [5.74, 6) is -2.09.